The number of aliphatic imine (C=N–C) groups is 1. The lowest BCUT2D eigenvalue weighted by Crippen LogP contribution is -2.57. The normalized spacial score (nSPS) is 22.4. The lowest BCUT2D eigenvalue weighted by molar-refractivity contribution is 0.0523. The van der Waals surface area contributed by atoms with Crippen LogP contribution in [-0.4, -0.2) is 123 Å². The number of rotatable bonds is 15. The molecule has 0 heterocycles. The highest BCUT2D eigenvalue weighted by atomic mass is 32.1. The van der Waals surface area contributed by atoms with Gasteiger partial charge in [0.25, 0.3) is 0 Å². The molecule has 1 saturated carbocycles. The first-order valence-corrected chi connectivity index (χ1v) is 18.1. The van der Waals surface area contributed by atoms with Crippen molar-refractivity contribution < 1.29 is 57.4 Å². The number of thiocarbonyl (C=S) groups is 1. The Morgan fingerprint density at radius 1 is 0.657 bits per heavy atom. The quantitative estimate of drug-likeness (QED) is 0.0679. The van der Waals surface area contributed by atoms with Gasteiger partial charge in [0.05, 0.1) is 35.9 Å². The van der Waals surface area contributed by atoms with Crippen LogP contribution in [0.3, 0.4) is 0 Å². The Balaban J connectivity index is 3.35. The van der Waals surface area contributed by atoms with Crippen molar-refractivity contribution in [2.24, 2.45) is 4.99 Å². The third kappa shape index (κ3) is 15.4. The van der Waals surface area contributed by atoms with Gasteiger partial charge < -0.3 is 39.1 Å². The molecule has 0 spiro atoms. The predicted octanol–water partition coefficient (Wildman–Crippen LogP) is -0.306. The zero-order valence-corrected chi connectivity index (χ0v) is 23.2. The third-order valence-corrected chi connectivity index (χ3v) is 8.88. The van der Waals surface area contributed by atoms with E-state index in [1.807, 2.05) is 0 Å². The van der Waals surface area contributed by atoms with E-state index in [0.717, 1.165) is 0 Å². The van der Waals surface area contributed by atoms with Crippen LogP contribution < -0.4 is 0 Å². The molecule has 1 fully saturated rings. The number of isothiocyanates is 1. The van der Waals surface area contributed by atoms with E-state index in [4.69, 9.17) is 0 Å². The Morgan fingerprint density at radius 3 is 1.31 bits per heavy atom. The molecule has 206 valence electrons. The standard InChI is InChI=1S/C15H33N3O12P4S/c19-31(20,21)7-3-17(4-8-32(22,23)24)14-2-1-13(16-12-35)11-15(14)18(5-9-33(25,26)27)6-10-34(28,29)30/h13-15H,1-11H2,(H2,19,20,21)(H2,22,23,24)(H2,25,26,27)(H2,28,29,30)/t13-,14+,15+/m0/s1. The zero-order valence-electron chi connectivity index (χ0n) is 18.8. The molecule has 0 aromatic carbocycles. The SMILES string of the molecule is O=P(O)(O)CCN(CCP(=O)(O)O)[C@@H]1CC[C@H](N=C=S)C[C@H]1N(CCP(=O)(O)O)CCP(=O)(O)O. The first kappa shape index (κ1) is 33.3. The molecular weight excluding hydrogens is 570 g/mol. The van der Waals surface area contributed by atoms with E-state index in [0.29, 0.717) is 12.8 Å². The Bertz CT molecular complexity index is 874. The molecule has 15 nitrogen and oxygen atoms in total. The van der Waals surface area contributed by atoms with Crippen molar-refractivity contribution in [2.45, 2.75) is 37.4 Å². The average molecular weight is 603 g/mol. The summed E-state index contributed by atoms with van der Waals surface area (Å²) in [6, 6.07) is -1.63. The van der Waals surface area contributed by atoms with Gasteiger partial charge in [-0.2, -0.15) is 0 Å². The summed E-state index contributed by atoms with van der Waals surface area (Å²) >= 11 is 4.66. The van der Waals surface area contributed by atoms with Crippen molar-refractivity contribution in [3.05, 3.63) is 0 Å². The molecule has 20 heteroatoms. The Morgan fingerprint density at radius 2 is 1.00 bits per heavy atom. The van der Waals surface area contributed by atoms with Crippen molar-refractivity contribution in [1.82, 2.24) is 9.80 Å². The van der Waals surface area contributed by atoms with Crippen LogP contribution >= 0.6 is 42.6 Å². The van der Waals surface area contributed by atoms with Crippen LogP contribution in [0.25, 0.3) is 0 Å². The van der Waals surface area contributed by atoms with Crippen molar-refractivity contribution >= 4 is 47.8 Å². The highest BCUT2D eigenvalue weighted by Crippen LogP contribution is 2.40. The fourth-order valence-corrected chi connectivity index (χ4v) is 6.26. The molecule has 35 heavy (non-hydrogen) atoms. The second-order valence-electron chi connectivity index (χ2n) is 8.45. The first-order valence-electron chi connectivity index (χ1n) is 10.5. The monoisotopic (exact) mass is 603 g/mol. The molecule has 1 aliphatic carbocycles. The molecule has 8 N–H and O–H groups in total. The van der Waals surface area contributed by atoms with E-state index >= 15 is 0 Å². The van der Waals surface area contributed by atoms with Crippen LogP contribution in [0.4, 0.5) is 0 Å². The highest BCUT2D eigenvalue weighted by molar-refractivity contribution is 7.78. The van der Waals surface area contributed by atoms with E-state index in [1.165, 1.54) is 9.80 Å². The largest absolute Gasteiger partial charge is 0.326 e. The molecule has 0 aromatic heterocycles. The Labute approximate surface area is 208 Å². The summed E-state index contributed by atoms with van der Waals surface area (Å²) in [5, 5.41) is 2.26. The van der Waals surface area contributed by atoms with E-state index in [-0.39, 0.29) is 38.6 Å². The van der Waals surface area contributed by atoms with Gasteiger partial charge in [-0.05, 0) is 31.5 Å². The van der Waals surface area contributed by atoms with E-state index < -0.39 is 67.1 Å². The van der Waals surface area contributed by atoms with Crippen molar-refractivity contribution in [2.75, 3.05) is 50.8 Å². The van der Waals surface area contributed by atoms with Crippen LogP contribution in [0, 0.1) is 0 Å². The smallest absolute Gasteiger partial charge is 0.324 e. The van der Waals surface area contributed by atoms with E-state index in [9.17, 15) is 57.4 Å². The van der Waals surface area contributed by atoms with Gasteiger partial charge in [0.2, 0.25) is 0 Å². The predicted molar refractivity (Wildman–Crippen MR) is 131 cm³/mol. The number of hydrogen-bond donors (Lipinski definition) is 8. The van der Waals surface area contributed by atoms with Crippen LogP contribution in [-0.2, 0) is 18.3 Å². The summed E-state index contributed by atoms with van der Waals surface area (Å²) in [7, 11) is -17.9. The second kappa shape index (κ2) is 13.9. The Kier molecular flexibility index (Phi) is 13.3. The first-order chi connectivity index (χ1) is 15.8. The molecule has 0 aromatic rings. The topological polar surface area (TPSA) is 249 Å². The number of nitrogens with zero attached hydrogens (tertiary/aromatic N) is 3. The molecule has 0 aliphatic heterocycles. The minimum atomic E-state index is -4.48. The maximum absolute atomic E-state index is 11.5. The fourth-order valence-electron chi connectivity index (χ4n) is 4.04. The zero-order chi connectivity index (χ0) is 27.1. The van der Waals surface area contributed by atoms with Gasteiger partial charge in [-0.25, -0.2) is 4.99 Å². The Hall–Kier alpha value is 0.320. The molecule has 0 bridgehead atoms. The van der Waals surface area contributed by atoms with Gasteiger partial charge in [0.15, 0.2) is 0 Å². The van der Waals surface area contributed by atoms with Crippen molar-refractivity contribution in [3.8, 4) is 0 Å². The maximum atomic E-state index is 11.5. The van der Waals surface area contributed by atoms with Crippen LogP contribution in [0.2, 0.25) is 0 Å². The van der Waals surface area contributed by atoms with E-state index in [1.54, 1.807) is 0 Å². The summed E-state index contributed by atoms with van der Waals surface area (Å²) < 4.78 is 46.0. The van der Waals surface area contributed by atoms with Crippen LogP contribution in [0.15, 0.2) is 4.99 Å². The molecule has 0 amide bonds. The van der Waals surface area contributed by atoms with Crippen molar-refractivity contribution in [3.63, 3.8) is 0 Å². The minimum absolute atomic E-state index is 0.221. The van der Waals surface area contributed by atoms with Crippen molar-refractivity contribution in [1.29, 1.82) is 0 Å². The summed E-state index contributed by atoms with van der Waals surface area (Å²) in [6.45, 7) is -0.941. The molecule has 0 saturated heterocycles. The van der Waals surface area contributed by atoms with Gasteiger partial charge >= 0.3 is 30.4 Å². The lowest BCUT2D eigenvalue weighted by Gasteiger charge is -2.46. The van der Waals surface area contributed by atoms with Crippen LogP contribution in [0.5, 0.6) is 0 Å². The highest BCUT2D eigenvalue weighted by Gasteiger charge is 2.39. The number of hydrogen-bond acceptors (Lipinski definition) is 8. The second-order valence-corrected chi connectivity index (χ2v) is 15.7. The summed E-state index contributed by atoms with van der Waals surface area (Å²) in [5.74, 6) is 0. The molecule has 1 rings (SSSR count). The molecule has 0 radical (unpaired) electrons. The van der Waals surface area contributed by atoms with Crippen LogP contribution in [0.1, 0.15) is 19.3 Å². The minimum Gasteiger partial charge on any atom is -0.324 e. The van der Waals surface area contributed by atoms with Gasteiger partial charge in [0, 0.05) is 38.3 Å². The van der Waals surface area contributed by atoms with Gasteiger partial charge in [0.1, 0.15) is 0 Å². The average Bonchev–Trinajstić information content (AvgIpc) is 2.65. The van der Waals surface area contributed by atoms with Gasteiger partial charge in [-0.1, -0.05) is 0 Å². The lowest BCUT2D eigenvalue weighted by atomic mass is 9.84. The summed E-state index contributed by atoms with van der Waals surface area (Å²) in [4.78, 5) is 81.8. The van der Waals surface area contributed by atoms with Gasteiger partial charge in [-0.3, -0.25) is 28.1 Å². The molecular formula is C15H33N3O12P4S. The third-order valence-electron chi connectivity index (χ3n) is 5.64. The summed E-state index contributed by atoms with van der Waals surface area (Å²) in [6.07, 6.45) is -1.42. The van der Waals surface area contributed by atoms with Gasteiger partial charge in [-0.15, -0.1) is 0 Å². The molecule has 3 atom stereocenters. The summed E-state index contributed by atoms with van der Waals surface area (Å²) in [5.41, 5.74) is 0. The molecule has 0 unspecified atom stereocenters. The van der Waals surface area contributed by atoms with E-state index in [2.05, 4.69) is 22.4 Å². The molecule has 1 aliphatic rings. The fraction of sp³-hybridized carbons (Fsp3) is 0.933. The maximum Gasteiger partial charge on any atom is 0.326 e.